The van der Waals surface area contributed by atoms with Crippen molar-refractivity contribution in [1.29, 1.82) is 0 Å². The molecule has 4 heteroatoms. The summed E-state index contributed by atoms with van der Waals surface area (Å²) >= 11 is 1.10. The van der Waals surface area contributed by atoms with Crippen molar-refractivity contribution >= 4 is 18.0 Å². The van der Waals surface area contributed by atoms with Crippen molar-refractivity contribution in [3.63, 3.8) is 0 Å². The molecular formula is C8H7O3S-. The molecule has 0 saturated heterocycles. The molecule has 1 aromatic carbocycles. The topological polar surface area (TPSA) is 49.4 Å². The van der Waals surface area contributed by atoms with Gasteiger partial charge < -0.3 is 14.1 Å². The van der Waals surface area contributed by atoms with Crippen LogP contribution in [-0.4, -0.2) is 12.2 Å². The predicted molar refractivity (Wildman–Crippen MR) is 44.9 cm³/mol. The van der Waals surface area contributed by atoms with Crippen LogP contribution in [0.4, 0.5) is 0 Å². The lowest BCUT2D eigenvalue weighted by molar-refractivity contribution is -0.255. The maximum atomic E-state index is 10.5. The van der Waals surface area contributed by atoms with E-state index in [1.165, 1.54) is 6.07 Å². The van der Waals surface area contributed by atoms with Gasteiger partial charge in [-0.3, -0.25) is 0 Å². The summed E-state index contributed by atoms with van der Waals surface area (Å²) in [6.07, 6.45) is 1.71. The molecule has 64 valence electrons. The van der Waals surface area contributed by atoms with Crippen LogP contribution in [0.2, 0.25) is 0 Å². The number of hydrogen-bond donors (Lipinski definition) is 0. The molecule has 0 amide bonds. The highest BCUT2D eigenvalue weighted by Gasteiger charge is 2.02. The third-order valence-electron chi connectivity index (χ3n) is 1.28. The number of para-hydroxylation sites is 1. The number of carbonyl (C=O) groups excluding carboxylic acids is 1. The second-order valence-corrected chi connectivity index (χ2v) is 2.53. The molecule has 0 aliphatic rings. The van der Waals surface area contributed by atoms with Gasteiger partial charge in [0.2, 0.25) is 0 Å². The number of hydrogen-bond acceptors (Lipinski definition) is 4. The average Bonchev–Trinajstić information content (AvgIpc) is 2.05. The smallest absolute Gasteiger partial charge is 0.146 e. The van der Waals surface area contributed by atoms with Crippen molar-refractivity contribution in [2.45, 2.75) is 0 Å². The van der Waals surface area contributed by atoms with Crippen molar-refractivity contribution in [3.8, 4) is 5.75 Å². The fourth-order valence-electron chi connectivity index (χ4n) is 0.798. The molecule has 0 unspecified atom stereocenters. The van der Waals surface area contributed by atoms with Crippen molar-refractivity contribution in [3.05, 3.63) is 29.8 Å². The lowest BCUT2D eigenvalue weighted by Gasteiger charge is -2.08. The molecule has 3 nitrogen and oxygen atoms in total. The van der Waals surface area contributed by atoms with E-state index in [4.69, 9.17) is 4.18 Å². The largest absolute Gasteiger partial charge is 0.545 e. The highest BCUT2D eigenvalue weighted by atomic mass is 32.2. The molecule has 0 heterocycles. The van der Waals surface area contributed by atoms with Crippen LogP contribution >= 0.6 is 12.0 Å². The second-order valence-electron chi connectivity index (χ2n) is 2.03. The van der Waals surface area contributed by atoms with Crippen LogP contribution in [0.15, 0.2) is 24.3 Å². The number of carbonyl (C=O) groups is 1. The lowest BCUT2D eigenvalue weighted by Crippen LogP contribution is -2.22. The highest BCUT2D eigenvalue weighted by molar-refractivity contribution is 7.94. The second kappa shape index (κ2) is 4.01. The lowest BCUT2D eigenvalue weighted by atomic mass is 10.2. The summed E-state index contributed by atoms with van der Waals surface area (Å²) in [6.45, 7) is 0. The van der Waals surface area contributed by atoms with E-state index in [9.17, 15) is 9.90 Å². The number of rotatable bonds is 3. The predicted octanol–water partition coefficient (Wildman–Crippen LogP) is 0.707. The average molecular weight is 183 g/mol. The number of carboxylic acids is 1. The van der Waals surface area contributed by atoms with Gasteiger partial charge in [-0.25, -0.2) is 0 Å². The van der Waals surface area contributed by atoms with Gasteiger partial charge in [0.1, 0.15) is 5.75 Å². The number of benzene rings is 1. The van der Waals surface area contributed by atoms with E-state index >= 15 is 0 Å². The monoisotopic (exact) mass is 183 g/mol. The molecular weight excluding hydrogens is 176 g/mol. The van der Waals surface area contributed by atoms with E-state index < -0.39 is 5.97 Å². The van der Waals surface area contributed by atoms with E-state index in [0.717, 1.165) is 12.0 Å². The first-order valence-electron chi connectivity index (χ1n) is 3.26. The Bertz CT molecular complexity index is 285. The summed E-state index contributed by atoms with van der Waals surface area (Å²) in [7, 11) is 0. The summed E-state index contributed by atoms with van der Waals surface area (Å²) in [5, 5.41) is 10.5. The van der Waals surface area contributed by atoms with Gasteiger partial charge in [0.15, 0.2) is 0 Å². The molecule has 0 bridgehead atoms. The first kappa shape index (κ1) is 8.93. The zero-order valence-electron chi connectivity index (χ0n) is 6.44. The van der Waals surface area contributed by atoms with Crippen LogP contribution < -0.4 is 9.29 Å². The molecule has 0 atom stereocenters. The van der Waals surface area contributed by atoms with Gasteiger partial charge in [0, 0.05) is 11.8 Å². The molecule has 0 aliphatic heterocycles. The molecule has 1 aromatic rings. The van der Waals surface area contributed by atoms with Crippen molar-refractivity contribution < 1.29 is 14.1 Å². The van der Waals surface area contributed by atoms with Crippen LogP contribution in [-0.2, 0) is 0 Å². The van der Waals surface area contributed by atoms with Crippen LogP contribution in [0, 0.1) is 0 Å². The quantitative estimate of drug-likeness (QED) is 0.647. The van der Waals surface area contributed by atoms with Crippen molar-refractivity contribution in [2.24, 2.45) is 0 Å². The Morgan fingerprint density at radius 2 is 2.17 bits per heavy atom. The summed E-state index contributed by atoms with van der Waals surface area (Å²) in [5.41, 5.74) is 0.0758. The Balaban J connectivity index is 3.00. The van der Waals surface area contributed by atoms with Crippen LogP contribution in [0.5, 0.6) is 5.75 Å². The van der Waals surface area contributed by atoms with Gasteiger partial charge in [0.25, 0.3) is 0 Å². The Hall–Kier alpha value is -1.16. The minimum atomic E-state index is -1.22. The zero-order valence-corrected chi connectivity index (χ0v) is 7.26. The molecule has 0 aromatic heterocycles. The van der Waals surface area contributed by atoms with E-state index in [-0.39, 0.29) is 5.56 Å². The summed E-state index contributed by atoms with van der Waals surface area (Å²) in [4.78, 5) is 10.5. The van der Waals surface area contributed by atoms with Gasteiger partial charge in [-0.2, -0.15) is 0 Å². The van der Waals surface area contributed by atoms with E-state index in [2.05, 4.69) is 0 Å². The molecule has 0 radical (unpaired) electrons. The van der Waals surface area contributed by atoms with E-state index in [0.29, 0.717) is 5.75 Å². The Kier molecular flexibility index (Phi) is 2.99. The Morgan fingerprint density at radius 3 is 2.75 bits per heavy atom. The van der Waals surface area contributed by atoms with E-state index in [1.54, 1.807) is 24.5 Å². The molecule has 0 N–H and O–H groups in total. The van der Waals surface area contributed by atoms with Crippen molar-refractivity contribution in [2.75, 3.05) is 6.26 Å². The minimum Gasteiger partial charge on any atom is -0.545 e. The Morgan fingerprint density at radius 1 is 1.50 bits per heavy atom. The third-order valence-corrected chi connectivity index (χ3v) is 1.63. The number of aromatic carboxylic acids is 1. The zero-order chi connectivity index (χ0) is 8.97. The first-order valence-corrected chi connectivity index (χ1v) is 4.41. The normalized spacial score (nSPS) is 9.42. The number of carboxylic acid groups (broad SMARTS) is 1. The molecule has 1 rings (SSSR count). The van der Waals surface area contributed by atoms with Crippen LogP contribution in [0.3, 0.4) is 0 Å². The fourth-order valence-corrected chi connectivity index (χ4v) is 1.12. The van der Waals surface area contributed by atoms with Gasteiger partial charge in [-0.1, -0.05) is 12.1 Å². The molecule has 0 saturated carbocycles. The Labute approximate surface area is 74.6 Å². The molecule has 12 heavy (non-hydrogen) atoms. The van der Waals surface area contributed by atoms with Gasteiger partial charge in [-0.15, -0.1) is 0 Å². The summed E-state index contributed by atoms with van der Waals surface area (Å²) < 4.78 is 4.99. The van der Waals surface area contributed by atoms with Gasteiger partial charge in [0.05, 0.1) is 18.0 Å². The third kappa shape index (κ3) is 1.92. The fraction of sp³-hybridized carbons (Fsp3) is 0.125. The highest BCUT2D eigenvalue weighted by Crippen LogP contribution is 2.19. The standard InChI is InChI=1S/C8H8O3S/c1-12-11-7-5-3-2-4-6(7)8(9)10/h2-5H,1H3,(H,9,10)/p-1. The summed E-state index contributed by atoms with van der Waals surface area (Å²) in [6, 6.07) is 6.36. The minimum absolute atomic E-state index is 0.0758. The summed E-state index contributed by atoms with van der Waals surface area (Å²) in [5.74, 6) is -0.898. The van der Waals surface area contributed by atoms with Crippen molar-refractivity contribution in [1.82, 2.24) is 0 Å². The molecule has 0 spiro atoms. The van der Waals surface area contributed by atoms with Crippen LogP contribution in [0.1, 0.15) is 10.4 Å². The van der Waals surface area contributed by atoms with Gasteiger partial charge in [-0.05, 0) is 12.1 Å². The molecule has 0 aliphatic carbocycles. The first-order chi connectivity index (χ1) is 5.75. The molecule has 0 fully saturated rings. The maximum absolute atomic E-state index is 10.5. The maximum Gasteiger partial charge on any atom is 0.146 e. The SMILES string of the molecule is CSOc1ccccc1C(=O)[O-]. The van der Waals surface area contributed by atoms with Gasteiger partial charge >= 0.3 is 0 Å². The van der Waals surface area contributed by atoms with Crippen LogP contribution in [0.25, 0.3) is 0 Å². The van der Waals surface area contributed by atoms with E-state index in [1.807, 2.05) is 0 Å².